The van der Waals surface area contributed by atoms with Gasteiger partial charge in [0.15, 0.2) is 0 Å². The summed E-state index contributed by atoms with van der Waals surface area (Å²) in [6.07, 6.45) is -0.522. The van der Waals surface area contributed by atoms with E-state index in [0.29, 0.717) is 12.8 Å². The van der Waals surface area contributed by atoms with Gasteiger partial charge in [-0.05, 0) is 37.8 Å². The van der Waals surface area contributed by atoms with Crippen LogP contribution < -0.4 is 34.5 Å². The van der Waals surface area contributed by atoms with Gasteiger partial charge in [-0.3, -0.25) is 9.69 Å². The predicted molar refractivity (Wildman–Crippen MR) is 90.5 cm³/mol. The molecule has 0 saturated heterocycles. The molecule has 0 fully saturated rings. The van der Waals surface area contributed by atoms with Gasteiger partial charge in [0.1, 0.15) is 6.54 Å². The second kappa shape index (κ2) is 10.5. The fourth-order valence-corrected chi connectivity index (χ4v) is 4.79. The minimum absolute atomic E-state index is 0. The van der Waals surface area contributed by atoms with Crippen molar-refractivity contribution >= 4 is 19.4 Å². The summed E-state index contributed by atoms with van der Waals surface area (Å²) in [5.41, 5.74) is 1.44. The average Bonchev–Trinajstić information content (AvgIpc) is 2.99. The second-order valence-electron chi connectivity index (χ2n) is 5.90. The molecule has 1 aliphatic carbocycles. The topological polar surface area (TPSA) is 96.0 Å². The molecule has 1 aromatic carbocycles. The molecule has 1 atom stereocenters. The summed E-state index contributed by atoms with van der Waals surface area (Å²) < 4.78 is 22.5. The molecule has 9 heteroatoms. The van der Waals surface area contributed by atoms with Crippen LogP contribution in [-0.2, 0) is 31.7 Å². The van der Waals surface area contributed by atoms with E-state index in [2.05, 4.69) is 0 Å². The Hall–Kier alpha value is -0.850. The van der Waals surface area contributed by atoms with Crippen molar-refractivity contribution in [3.05, 3.63) is 35.4 Å². The Labute approximate surface area is 175 Å². The summed E-state index contributed by atoms with van der Waals surface area (Å²) in [6.45, 7) is 3.06. The van der Waals surface area contributed by atoms with Gasteiger partial charge in [-0.1, -0.05) is 24.3 Å². The minimum atomic E-state index is -3.96. The van der Waals surface area contributed by atoms with Gasteiger partial charge in [-0.25, -0.2) is 4.79 Å². The molecule has 0 radical (unpaired) electrons. The Morgan fingerprint density at radius 2 is 1.69 bits per heavy atom. The Bertz CT molecular complexity index is 658. The molecule has 0 heterocycles. The maximum Gasteiger partial charge on any atom is 1.00 e. The minimum Gasteiger partial charge on any atom is -0.798 e. The van der Waals surface area contributed by atoms with Gasteiger partial charge in [-0.2, -0.15) is 0 Å². The number of rotatable bonds is 7. The third-order valence-corrected chi connectivity index (χ3v) is 6.32. The van der Waals surface area contributed by atoms with Gasteiger partial charge < -0.3 is 18.9 Å². The van der Waals surface area contributed by atoms with E-state index >= 15 is 0 Å². The number of benzene rings is 1. The van der Waals surface area contributed by atoms with Crippen LogP contribution in [0.15, 0.2) is 24.3 Å². The summed E-state index contributed by atoms with van der Waals surface area (Å²) in [5.74, 6) is -0.662. The number of esters is 1. The van der Waals surface area contributed by atoms with Crippen LogP contribution >= 0.6 is 7.37 Å². The molecule has 138 valence electrons. The van der Waals surface area contributed by atoms with E-state index in [9.17, 15) is 19.0 Å². The zero-order chi connectivity index (χ0) is 18.4. The van der Waals surface area contributed by atoms with Crippen molar-refractivity contribution < 1.29 is 58.1 Å². The van der Waals surface area contributed by atoms with Crippen LogP contribution in [-0.4, -0.2) is 48.7 Å². The van der Waals surface area contributed by atoms with Gasteiger partial charge in [0, 0.05) is 13.0 Å². The molecule has 7 nitrogen and oxygen atoms in total. The molecule has 26 heavy (non-hydrogen) atoms. The van der Waals surface area contributed by atoms with Gasteiger partial charge in [0.05, 0.1) is 19.5 Å². The number of ether oxygens (including phenoxy) is 2. The zero-order valence-corrected chi connectivity index (χ0v) is 18.4. The molecule has 0 aromatic heterocycles. The third-order valence-electron chi connectivity index (χ3n) is 4.10. The van der Waals surface area contributed by atoms with Crippen molar-refractivity contribution in [3.8, 4) is 0 Å². The van der Waals surface area contributed by atoms with Crippen LogP contribution in [0, 0.1) is 0 Å². The van der Waals surface area contributed by atoms with E-state index in [0.717, 1.165) is 16.0 Å². The first-order chi connectivity index (χ1) is 11.9. The average molecular weight is 391 g/mol. The molecular formula is C17H23NNaO6P. The first-order valence-corrected chi connectivity index (χ1v) is 10.2. The van der Waals surface area contributed by atoms with Crippen molar-refractivity contribution in [3.63, 3.8) is 0 Å². The van der Waals surface area contributed by atoms with E-state index in [-0.39, 0.29) is 42.8 Å². The van der Waals surface area contributed by atoms with Crippen LogP contribution in [0.3, 0.4) is 0 Å². The summed E-state index contributed by atoms with van der Waals surface area (Å²) in [5, 5.41) is 0. The predicted octanol–water partition coefficient (Wildman–Crippen LogP) is -1.22. The molecule has 0 bridgehead atoms. The smallest absolute Gasteiger partial charge is 0.798 e. The van der Waals surface area contributed by atoms with E-state index in [1.165, 1.54) is 0 Å². The molecule has 1 aliphatic rings. The zero-order valence-electron chi connectivity index (χ0n) is 15.5. The summed E-state index contributed by atoms with van der Waals surface area (Å²) in [6, 6.07) is 7.58. The first-order valence-electron chi connectivity index (χ1n) is 8.31. The van der Waals surface area contributed by atoms with Gasteiger partial charge in [0.2, 0.25) is 0 Å². The SMILES string of the molecule is CCOC(=O)CN(CP(=O)([O-])C1Cc2ccccc2C1)C(=O)OCC.[Na+]. The number of nitrogens with zero attached hydrogens (tertiary/aromatic N) is 1. The molecule has 0 N–H and O–H groups in total. The third kappa shape index (κ3) is 6.10. The molecule has 2 rings (SSSR count). The standard InChI is InChI=1S/C17H24NO6P.Na/c1-3-23-16(19)11-18(17(20)24-4-2)12-25(21,22)15-9-13-7-5-6-8-14(13)10-15;/h5-8,15H,3-4,9-12H2,1-2H3,(H,21,22);/q;+1/p-1. The number of hydrogen-bond donors (Lipinski definition) is 0. The Morgan fingerprint density at radius 1 is 1.15 bits per heavy atom. The molecule has 1 aromatic rings. The van der Waals surface area contributed by atoms with Crippen LogP contribution in [0.25, 0.3) is 0 Å². The van der Waals surface area contributed by atoms with Crippen LogP contribution in [0.5, 0.6) is 0 Å². The van der Waals surface area contributed by atoms with Gasteiger partial charge >= 0.3 is 41.6 Å². The van der Waals surface area contributed by atoms with Gasteiger partial charge in [0.25, 0.3) is 0 Å². The molecule has 1 amide bonds. The van der Waals surface area contributed by atoms with E-state index < -0.39 is 37.9 Å². The molecule has 0 aliphatic heterocycles. The monoisotopic (exact) mass is 391 g/mol. The number of carbonyl (C=O) groups excluding carboxylic acids is 2. The van der Waals surface area contributed by atoms with Crippen LogP contribution in [0.4, 0.5) is 4.79 Å². The maximum atomic E-state index is 12.8. The maximum absolute atomic E-state index is 12.8. The largest absolute Gasteiger partial charge is 1.00 e. The van der Waals surface area contributed by atoms with Gasteiger partial charge in [-0.15, -0.1) is 0 Å². The number of amides is 1. The van der Waals surface area contributed by atoms with Crippen molar-refractivity contribution in [1.29, 1.82) is 0 Å². The van der Waals surface area contributed by atoms with Crippen molar-refractivity contribution in [2.75, 3.05) is 26.0 Å². The first kappa shape index (κ1) is 23.2. The molecule has 1 unspecified atom stereocenters. The Kier molecular flexibility index (Phi) is 9.34. The molecule has 0 saturated carbocycles. The number of carbonyl (C=O) groups is 2. The summed E-state index contributed by atoms with van der Waals surface area (Å²) in [7, 11) is -3.96. The number of hydrogen-bond acceptors (Lipinski definition) is 6. The normalized spacial score (nSPS) is 15.3. The second-order valence-corrected chi connectivity index (χ2v) is 8.37. The Balaban J connectivity index is 0.00000338. The summed E-state index contributed by atoms with van der Waals surface area (Å²) in [4.78, 5) is 37.4. The Morgan fingerprint density at radius 3 is 2.19 bits per heavy atom. The number of fused-ring (bicyclic) bond motifs is 1. The quantitative estimate of drug-likeness (QED) is 0.328. The van der Waals surface area contributed by atoms with Crippen LogP contribution in [0.1, 0.15) is 25.0 Å². The van der Waals surface area contributed by atoms with Crippen molar-refractivity contribution in [1.82, 2.24) is 4.90 Å². The summed E-state index contributed by atoms with van der Waals surface area (Å²) >= 11 is 0. The van der Waals surface area contributed by atoms with Crippen molar-refractivity contribution in [2.24, 2.45) is 0 Å². The van der Waals surface area contributed by atoms with Crippen LogP contribution in [0.2, 0.25) is 0 Å². The fourth-order valence-electron chi connectivity index (χ4n) is 2.92. The molecular weight excluding hydrogens is 368 g/mol. The molecule has 0 spiro atoms. The van der Waals surface area contributed by atoms with E-state index in [1.807, 2.05) is 24.3 Å². The van der Waals surface area contributed by atoms with E-state index in [4.69, 9.17) is 9.47 Å². The van der Waals surface area contributed by atoms with Crippen molar-refractivity contribution in [2.45, 2.75) is 32.3 Å². The fraction of sp³-hybridized carbons (Fsp3) is 0.529. The van der Waals surface area contributed by atoms with E-state index in [1.54, 1.807) is 13.8 Å².